The van der Waals surface area contributed by atoms with Crippen LogP contribution in [-0.4, -0.2) is 45.0 Å². The summed E-state index contributed by atoms with van der Waals surface area (Å²) in [6.45, 7) is 4.69. The van der Waals surface area contributed by atoms with Crippen LogP contribution in [0.3, 0.4) is 0 Å². The van der Waals surface area contributed by atoms with Gasteiger partial charge in [0, 0.05) is 32.0 Å². The van der Waals surface area contributed by atoms with Crippen molar-refractivity contribution in [3.05, 3.63) is 54.4 Å². The molecule has 1 N–H and O–H groups in total. The zero-order chi connectivity index (χ0) is 23.4. The number of thioether (sulfide) groups is 2. The number of rotatable bonds is 9. The van der Waals surface area contributed by atoms with Crippen LogP contribution in [0.2, 0.25) is 0 Å². The summed E-state index contributed by atoms with van der Waals surface area (Å²) in [5.41, 5.74) is 2.89. The summed E-state index contributed by atoms with van der Waals surface area (Å²) in [6.07, 6.45) is 0. The number of hydrogen-bond donors (Lipinski definition) is 1. The van der Waals surface area contributed by atoms with Gasteiger partial charge in [-0.1, -0.05) is 35.7 Å². The maximum absolute atomic E-state index is 12.7. The number of para-hydroxylation sites is 1. The molecule has 1 amide bonds. The Morgan fingerprint density at radius 2 is 1.91 bits per heavy atom. The van der Waals surface area contributed by atoms with Crippen LogP contribution in [-0.2, 0) is 17.1 Å². The van der Waals surface area contributed by atoms with Gasteiger partial charge in [-0.05, 0) is 50.2 Å². The van der Waals surface area contributed by atoms with Crippen LogP contribution in [0, 0.1) is 0 Å². The first-order chi connectivity index (χ1) is 15.9. The highest BCUT2D eigenvalue weighted by atomic mass is 32.2. The van der Waals surface area contributed by atoms with Crippen LogP contribution < -0.4 is 10.2 Å². The Morgan fingerprint density at radius 3 is 2.61 bits per heavy atom. The minimum Gasteiger partial charge on any atom is -0.378 e. The summed E-state index contributed by atoms with van der Waals surface area (Å²) in [5, 5.41) is 12.2. The molecule has 33 heavy (non-hydrogen) atoms. The molecular formula is C23H26N6OS3. The zero-order valence-corrected chi connectivity index (χ0v) is 21.4. The fourth-order valence-electron chi connectivity index (χ4n) is 3.17. The number of hydrogen-bond acceptors (Lipinski definition) is 8. The number of carbonyl (C=O) groups is 1. The van der Waals surface area contributed by atoms with Crippen molar-refractivity contribution in [1.82, 2.24) is 19.7 Å². The van der Waals surface area contributed by atoms with Crippen LogP contribution in [0.1, 0.15) is 19.7 Å². The Balaban J connectivity index is 1.37. The molecule has 0 aliphatic carbocycles. The van der Waals surface area contributed by atoms with Crippen LogP contribution >= 0.6 is 34.9 Å². The Bertz CT molecular complexity index is 1200. The first-order valence-electron chi connectivity index (χ1n) is 10.6. The fraction of sp³-hybridized carbons (Fsp3) is 0.304. The third-order valence-corrected chi connectivity index (χ3v) is 8.27. The van der Waals surface area contributed by atoms with Gasteiger partial charge in [0.25, 0.3) is 0 Å². The number of fused-ring (bicyclic) bond motifs is 1. The Kier molecular flexibility index (Phi) is 7.56. The quantitative estimate of drug-likeness (QED) is 0.310. The van der Waals surface area contributed by atoms with E-state index < -0.39 is 0 Å². The van der Waals surface area contributed by atoms with Crippen molar-refractivity contribution in [2.45, 2.75) is 40.9 Å². The van der Waals surface area contributed by atoms with Gasteiger partial charge >= 0.3 is 0 Å². The first kappa shape index (κ1) is 23.6. The zero-order valence-electron chi connectivity index (χ0n) is 19.0. The van der Waals surface area contributed by atoms with E-state index in [0.29, 0.717) is 5.75 Å². The first-order valence-corrected chi connectivity index (χ1v) is 13.3. The van der Waals surface area contributed by atoms with E-state index in [-0.39, 0.29) is 11.2 Å². The van der Waals surface area contributed by atoms with E-state index in [1.165, 1.54) is 16.5 Å². The largest absolute Gasteiger partial charge is 0.378 e. The number of amides is 1. The molecule has 172 valence electrons. The lowest BCUT2D eigenvalue weighted by molar-refractivity contribution is -0.115. The molecule has 10 heteroatoms. The highest BCUT2D eigenvalue weighted by Gasteiger charge is 2.20. The molecule has 2 aromatic heterocycles. The van der Waals surface area contributed by atoms with E-state index in [1.54, 1.807) is 23.1 Å². The van der Waals surface area contributed by atoms with Crippen molar-refractivity contribution in [1.29, 1.82) is 0 Å². The molecule has 2 aromatic carbocycles. The van der Waals surface area contributed by atoms with Crippen molar-refractivity contribution in [3.8, 4) is 0 Å². The number of carbonyl (C=O) groups excluding carboxylic acids is 1. The van der Waals surface area contributed by atoms with Crippen LogP contribution in [0.4, 0.5) is 11.4 Å². The number of anilines is 2. The highest BCUT2D eigenvalue weighted by molar-refractivity contribution is 8.00. The Labute approximate surface area is 206 Å². The average Bonchev–Trinajstić information content (AvgIpc) is 3.40. The van der Waals surface area contributed by atoms with Gasteiger partial charge in [-0.2, -0.15) is 0 Å². The summed E-state index contributed by atoms with van der Waals surface area (Å²) in [7, 11) is 3.98. The Morgan fingerprint density at radius 1 is 1.15 bits per heavy atom. The summed E-state index contributed by atoms with van der Waals surface area (Å²) in [6, 6.07) is 15.9. The van der Waals surface area contributed by atoms with Crippen LogP contribution in [0.25, 0.3) is 10.2 Å². The summed E-state index contributed by atoms with van der Waals surface area (Å²) < 4.78 is 4.27. The topological polar surface area (TPSA) is 75.9 Å². The minimum atomic E-state index is -0.308. The Hall–Kier alpha value is -2.56. The molecule has 7 nitrogen and oxygen atoms in total. The summed E-state index contributed by atoms with van der Waals surface area (Å²) >= 11 is 4.78. The van der Waals surface area contributed by atoms with Crippen molar-refractivity contribution < 1.29 is 4.79 Å². The molecule has 0 aliphatic rings. The van der Waals surface area contributed by atoms with E-state index in [0.717, 1.165) is 38.8 Å². The van der Waals surface area contributed by atoms with Crippen LogP contribution in [0.15, 0.2) is 58.0 Å². The van der Waals surface area contributed by atoms with Gasteiger partial charge in [0.2, 0.25) is 5.91 Å². The van der Waals surface area contributed by atoms with Gasteiger partial charge in [-0.3, -0.25) is 4.79 Å². The second kappa shape index (κ2) is 10.6. The molecule has 0 bridgehead atoms. The molecule has 0 saturated heterocycles. The molecule has 0 fully saturated rings. The number of nitrogens with zero attached hydrogens (tertiary/aromatic N) is 5. The van der Waals surface area contributed by atoms with E-state index in [9.17, 15) is 4.79 Å². The maximum Gasteiger partial charge on any atom is 0.237 e. The molecule has 2 heterocycles. The maximum atomic E-state index is 12.7. The molecular weight excluding hydrogens is 472 g/mol. The third kappa shape index (κ3) is 5.69. The molecule has 4 aromatic rings. The predicted octanol–water partition coefficient (Wildman–Crippen LogP) is 5.39. The lowest BCUT2D eigenvalue weighted by Crippen LogP contribution is -2.23. The second-order valence-corrected chi connectivity index (χ2v) is 11.1. The van der Waals surface area contributed by atoms with Crippen LogP contribution in [0.5, 0.6) is 0 Å². The van der Waals surface area contributed by atoms with Crippen molar-refractivity contribution >= 4 is 62.4 Å². The number of benzene rings is 2. The van der Waals surface area contributed by atoms with Crippen molar-refractivity contribution in [3.63, 3.8) is 0 Å². The van der Waals surface area contributed by atoms with Crippen molar-refractivity contribution in [2.24, 2.45) is 0 Å². The van der Waals surface area contributed by atoms with Gasteiger partial charge in [-0.15, -0.1) is 21.5 Å². The molecule has 0 spiro atoms. The van der Waals surface area contributed by atoms with Gasteiger partial charge in [0.15, 0.2) is 9.50 Å². The fourth-order valence-corrected chi connectivity index (χ4v) is 6.11. The highest BCUT2D eigenvalue weighted by Crippen LogP contribution is 2.32. The predicted molar refractivity (Wildman–Crippen MR) is 140 cm³/mol. The third-order valence-electron chi connectivity index (χ3n) is 5.01. The van der Waals surface area contributed by atoms with Gasteiger partial charge < -0.3 is 14.8 Å². The standard InChI is InChI=1S/C23H26N6OS3/c1-5-29-20(14-31-23-25-18-8-6-7-9-19(18)33-23)26-27-22(29)32-15(2)21(30)24-16-10-12-17(13-11-16)28(3)4/h6-13,15H,5,14H2,1-4H3,(H,24,30). The average molecular weight is 499 g/mol. The van der Waals surface area contributed by atoms with Gasteiger partial charge in [0.1, 0.15) is 5.82 Å². The van der Waals surface area contributed by atoms with Crippen molar-refractivity contribution in [2.75, 3.05) is 24.3 Å². The van der Waals surface area contributed by atoms with E-state index in [4.69, 9.17) is 0 Å². The molecule has 0 aliphatic heterocycles. The second-order valence-electron chi connectivity index (χ2n) is 7.57. The summed E-state index contributed by atoms with van der Waals surface area (Å²) in [5.74, 6) is 1.50. The SMILES string of the molecule is CCn1c(CSc2nc3ccccc3s2)nnc1SC(C)C(=O)Nc1ccc(N(C)C)cc1. The molecule has 0 radical (unpaired) electrons. The van der Waals surface area contributed by atoms with Gasteiger partial charge in [0.05, 0.1) is 21.2 Å². The smallest absolute Gasteiger partial charge is 0.237 e. The van der Waals surface area contributed by atoms with Gasteiger partial charge in [-0.25, -0.2) is 4.98 Å². The van der Waals surface area contributed by atoms with E-state index in [1.807, 2.05) is 68.4 Å². The monoisotopic (exact) mass is 498 g/mol. The molecule has 4 rings (SSSR count). The molecule has 1 atom stereocenters. The van der Waals surface area contributed by atoms with E-state index in [2.05, 4.69) is 38.1 Å². The molecule has 1 unspecified atom stereocenters. The lowest BCUT2D eigenvalue weighted by atomic mass is 10.2. The minimum absolute atomic E-state index is 0.0614. The summed E-state index contributed by atoms with van der Waals surface area (Å²) in [4.78, 5) is 19.4. The molecule has 0 saturated carbocycles. The lowest BCUT2D eigenvalue weighted by Gasteiger charge is -2.15. The number of nitrogens with one attached hydrogen (secondary N) is 1. The number of thiazole rings is 1. The normalized spacial score (nSPS) is 12.1. The van der Waals surface area contributed by atoms with E-state index >= 15 is 0 Å². The number of aromatic nitrogens is 4.